The molecule has 2 rings (SSSR count). The molecule has 5 nitrogen and oxygen atoms in total. The Morgan fingerprint density at radius 1 is 1.30 bits per heavy atom. The van der Waals surface area contributed by atoms with Crippen LogP contribution in [0.5, 0.6) is 0 Å². The molecule has 2 amide bonds. The van der Waals surface area contributed by atoms with Crippen molar-refractivity contribution in [3.8, 4) is 0 Å². The summed E-state index contributed by atoms with van der Waals surface area (Å²) < 4.78 is 4.88. The third-order valence-corrected chi connectivity index (χ3v) is 2.86. The zero-order valence-corrected chi connectivity index (χ0v) is 11.4. The van der Waals surface area contributed by atoms with E-state index in [0.717, 1.165) is 0 Å². The minimum atomic E-state index is -0.365. The SMILES string of the molecule is CCOC(=O)c1ccc(NC(=O)N/C=C/C2CC2)cc1. The summed E-state index contributed by atoms with van der Waals surface area (Å²) >= 11 is 0. The molecule has 0 aliphatic heterocycles. The average Bonchev–Trinajstić information content (AvgIpc) is 3.24. The maximum Gasteiger partial charge on any atom is 0.338 e. The molecule has 0 spiro atoms. The van der Waals surface area contributed by atoms with Crippen LogP contribution in [0.4, 0.5) is 10.5 Å². The largest absolute Gasteiger partial charge is 0.462 e. The van der Waals surface area contributed by atoms with E-state index in [9.17, 15) is 9.59 Å². The summed E-state index contributed by atoms with van der Waals surface area (Å²) in [6.07, 6.45) is 6.06. The van der Waals surface area contributed by atoms with Crippen LogP contribution in [0.1, 0.15) is 30.1 Å². The Kier molecular flexibility index (Phi) is 4.76. The van der Waals surface area contributed by atoms with Crippen LogP contribution < -0.4 is 10.6 Å². The topological polar surface area (TPSA) is 67.4 Å². The number of esters is 1. The predicted molar refractivity (Wildman–Crippen MR) is 76.4 cm³/mol. The fourth-order valence-corrected chi connectivity index (χ4v) is 1.62. The van der Waals surface area contributed by atoms with Crippen molar-refractivity contribution in [2.45, 2.75) is 19.8 Å². The van der Waals surface area contributed by atoms with Crippen LogP contribution in [0.25, 0.3) is 0 Å². The van der Waals surface area contributed by atoms with Crippen LogP contribution in [-0.4, -0.2) is 18.6 Å². The highest BCUT2D eigenvalue weighted by Gasteiger charge is 2.17. The van der Waals surface area contributed by atoms with Crippen LogP contribution in [-0.2, 0) is 4.74 Å². The first kappa shape index (κ1) is 14.1. The lowest BCUT2D eigenvalue weighted by Gasteiger charge is -2.06. The van der Waals surface area contributed by atoms with Crippen molar-refractivity contribution in [3.63, 3.8) is 0 Å². The van der Waals surface area contributed by atoms with Crippen LogP contribution in [0.3, 0.4) is 0 Å². The Labute approximate surface area is 118 Å². The first-order valence-electron chi connectivity index (χ1n) is 6.70. The number of allylic oxidation sites excluding steroid dienone is 1. The normalized spacial score (nSPS) is 14.1. The number of urea groups is 1. The van der Waals surface area contributed by atoms with E-state index in [4.69, 9.17) is 4.74 Å². The number of anilines is 1. The highest BCUT2D eigenvalue weighted by molar-refractivity contribution is 5.92. The van der Waals surface area contributed by atoms with Gasteiger partial charge in [-0.05, 0) is 49.9 Å². The van der Waals surface area contributed by atoms with Crippen LogP contribution in [0.15, 0.2) is 36.5 Å². The van der Waals surface area contributed by atoms with Gasteiger partial charge in [0, 0.05) is 11.9 Å². The maximum atomic E-state index is 11.6. The second-order valence-corrected chi connectivity index (χ2v) is 4.59. The van der Waals surface area contributed by atoms with E-state index >= 15 is 0 Å². The fraction of sp³-hybridized carbons (Fsp3) is 0.333. The third-order valence-electron chi connectivity index (χ3n) is 2.86. The third kappa shape index (κ3) is 4.42. The molecule has 1 aromatic rings. The highest BCUT2D eigenvalue weighted by Crippen LogP contribution is 2.29. The van der Waals surface area contributed by atoms with E-state index in [2.05, 4.69) is 10.6 Å². The van der Waals surface area contributed by atoms with Gasteiger partial charge in [-0.1, -0.05) is 6.08 Å². The molecular weight excluding hydrogens is 256 g/mol. The molecule has 106 valence electrons. The van der Waals surface area contributed by atoms with E-state index in [0.29, 0.717) is 23.8 Å². The van der Waals surface area contributed by atoms with Crippen molar-refractivity contribution in [1.82, 2.24) is 5.32 Å². The van der Waals surface area contributed by atoms with Crippen molar-refractivity contribution < 1.29 is 14.3 Å². The molecule has 0 saturated heterocycles. The van der Waals surface area contributed by atoms with Crippen LogP contribution in [0, 0.1) is 5.92 Å². The summed E-state index contributed by atoms with van der Waals surface area (Å²) in [6, 6.07) is 6.26. The Morgan fingerprint density at radius 2 is 2.00 bits per heavy atom. The molecule has 2 N–H and O–H groups in total. The van der Waals surface area contributed by atoms with E-state index in [1.165, 1.54) is 12.8 Å². The minimum Gasteiger partial charge on any atom is -0.462 e. The van der Waals surface area contributed by atoms with Gasteiger partial charge >= 0.3 is 12.0 Å². The van der Waals surface area contributed by atoms with Gasteiger partial charge in [0.05, 0.1) is 12.2 Å². The van der Waals surface area contributed by atoms with Crippen LogP contribution >= 0.6 is 0 Å². The molecule has 1 aromatic carbocycles. The summed E-state index contributed by atoms with van der Waals surface area (Å²) in [5.41, 5.74) is 1.09. The molecule has 1 saturated carbocycles. The molecular formula is C15H18N2O3. The summed E-state index contributed by atoms with van der Waals surface area (Å²) in [4.78, 5) is 23.0. The lowest BCUT2D eigenvalue weighted by atomic mass is 10.2. The van der Waals surface area contributed by atoms with E-state index in [-0.39, 0.29) is 12.0 Å². The number of nitrogens with one attached hydrogen (secondary N) is 2. The van der Waals surface area contributed by atoms with Crippen molar-refractivity contribution in [2.24, 2.45) is 5.92 Å². The van der Waals surface area contributed by atoms with Gasteiger partial charge < -0.3 is 15.4 Å². The number of ether oxygens (including phenoxy) is 1. The smallest absolute Gasteiger partial charge is 0.338 e. The molecule has 0 bridgehead atoms. The van der Waals surface area contributed by atoms with E-state index in [1.54, 1.807) is 37.4 Å². The lowest BCUT2D eigenvalue weighted by molar-refractivity contribution is 0.0526. The molecule has 0 unspecified atom stereocenters. The zero-order valence-electron chi connectivity index (χ0n) is 11.4. The molecule has 20 heavy (non-hydrogen) atoms. The van der Waals surface area contributed by atoms with Crippen LogP contribution in [0.2, 0.25) is 0 Å². The number of hydrogen-bond donors (Lipinski definition) is 2. The number of carbonyl (C=O) groups is 2. The van der Waals surface area contributed by atoms with Gasteiger partial charge in [-0.3, -0.25) is 0 Å². The zero-order chi connectivity index (χ0) is 14.4. The van der Waals surface area contributed by atoms with Crippen molar-refractivity contribution in [2.75, 3.05) is 11.9 Å². The average molecular weight is 274 g/mol. The molecule has 1 fully saturated rings. The number of benzene rings is 1. The summed E-state index contributed by atoms with van der Waals surface area (Å²) in [5, 5.41) is 5.32. The van der Waals surface area contributed by atoms with Crippen molar-refractivity contribution in [3.05, 3.63) is 42.1 Å². The molecule has 0 radical (unpaired) electrons. The summed E-state index contributed by atoms with van der Waals surface area (Å²) in [6.45, 7) is 2.10. The molecule has 1 aliphatic rings. The highest BCUT2D eigenvalue weighted by atomic mass is 16.5. The Morgan fingerprint density at radius 3 is 2.60 bits per heavy atom. The molecule has 5 heteroatoms. The van der Waals surface area contributed by atoms with Gasteiger partial charge in [0.15, 0.2) is 0 Å². The van der Waals surface area contributed by atoms with Gasteiger partial charge in [0.25, 0.3) is 0 Å². The first-order valence-corrected chi connectivity index (χ1v) is 6.70. The Bertz CT molecular complexity index is 504. The number of amides is 2. The molecule has 1 aliphatic carbocycles. The monoisotopic (exact) mass is 274 g/mol. The van der Waals surface area contributed by atoms with Gasteiger partial charge in [-0.25, -0.2) is 9.59 Å². The number of rotatable bonds is 5. The van der Waals surface area contributed by atoms with Gasteiger partial charge in [0.2, 0.25) is 0 Å². The maximum absolute atomic E-state index is 11.6. The standard InChI is InChI=1S/C15H18N2O3/c1-2-20-14(18)12-5-7-13(8-6-12)17-15(19)16-10-9-11-3-4-11/h5-11H,2-4H2,1H3,(H2,16,17,19)/b10-9+. The Hall–Kier alpha value is -2.30. The minimum absolute atomic E-state index is 0.300. The lowest BCUT2D eigenvalue weighted by Crippen LogP contribution is -2.23. The van der Waals surface area contributed by atoms with Gasteiger partial charge in [0.1, 0.15) is 0 Å². The van der Waals surface area contributed by atoms with E-state index in [1.807, 2.05) is 6.08 Å². The summed E-state index contributed by atoms with van der Waals surface area (Å²) in [7, 11) is 0. The second kappa shape index (κ2) is 6.75. The molecule has 0 heterocycles. The first-order chi connectivity index (χ1) is 9.69. The number of carbonyl (C=O) groups excluding carboxylic acids is 2. The van der Waals surface area contributed by atoms with Gasteiger partial charge in [-0.15, -0.1) is 0 Å². The van der Waals surface area contributed by atoms with Crippen molar-refractivity contribution in [1.29, 1.82) is 0 Å². The predicted octanol–water partition coefficient (Wildman–Crippen LogP) is 2.91. The second-order valence-electron chi connectivity index (χ2n) is 4.59. The molecule has 0 aromatic heterocycles. The van der Waals surface area contributed by atoms with Gasteiger partial charge in [-0.2, -0.15) is 0 Å². The fourth-order valence-electron chi connectivity index (χ4n) is 1.62. The number of hydrogen-bond acceptors (Lipinski definition) is 3. The summed E-state index contributed by atoms with van der Waals surface area (Å²) in [5.74, 6) is 0.259. The van der Waals surface area contributed by atoms with Crippen molar-refractivity contribution >= 4 is 17.7 Å². The molecule has 0 atom stereocenters. The Balaban J connectivity index is 1.83. The quantitative estimate of drug-likeness (QED) is 0.811. The van der Waals surface area contributed by atoms with E-state index < -0.39 is 0 Å².